The van der Waals surface area contributed by atoms with E-state index in [1.54, 1.807) is 20.3 Å². The number of rotatable bonds is 10. The summed E-state index contributed by atoms with van der Waals surface area (Å²) in [5.41, 5.74) is 0.825. The first-order chi connectivity index (χ1) is 10.2. The Labute approximate surface area is 131 Å². The third-order valence-electron chi connectivity index (χ3n) is 2.87. The number of halogens is 1. The van der Waals surface area contributed by atoms with Crippen LogP contribution in [0.1, 0.15) is 20.3 Å². The van der Waals surface area contributed by atoms with Gasteiger partial charge < -0.3 is 24.3 Å². The second kappa shape index (κ2) is 9.71. The van der Waals surface area contributed by atoms with Crippen molar-refractivity contribution in [2.24, 2.45) is 0 Å². The van der Waals surface area contributed by atoms with Crippen LogP contribution < -0.4 is 14.8 Å². The maximum atomic E-state index is 6.07. The van der Waals surface area contributed by atoms with Crippen molar-refractivity contribution in [3.63, 3.8) is 0 Å². The smallest absolute Gasteiger partial charge is 0.159 e. The minimum absolute atomic E-state index is 0.201. The molecule has 1 rings (SSSR count). The van der Waals surface area contributed by atoms with Crippen LogP contribution in [-0.2, 0) is 9.47 Å². The van der Waals surface area contributed by atoms with Crippen LogP contribution in [0.15, 0.2) is 12.1 Å². The molecule has 0 unspecified atom stereocenters. The third-order valence-corrected chi connectivity index (χ3v) is 3.17. The number of methoxy groups -OCH3 is 2. The first kappa shape index (κ1) is 17.9. The summed E-state index contributed by atoms with van der Waals surface area (Å²) >= 11 is 6.07. The molecule has 0 bridgehead atoms. The molecule has 1 N–H and O–H groups in total. The van der Waals surface area contributed by atoms with Crippen LogP contribution in [-0.4, -0.2) is 40.3 Å². The molecule has 0 aromatic heterocycles. The molecule has 120 valence electrons. The maximum absolute atomic E-state index is 6.07. The van der Waals surface area contributed by atoms with Crippen molar-refractivity contribution < 1.29 is 18.9 Å². The van der Waals surface area contributed by atoms with Crippen LogP contribution in [0.4, 0.5) is 5.69 Å². The molecule has 0 amide bonds. The predicted molar refractivity (Wildman–Crippen MR) is 84.7 cm³/mol. The van der Waals surface area contributed by atoms with Crippen molar-refractivity contribution in [2.75, 3.05) is 39.3 Å². The van der Waals surface area contributed by atoms with Crippen LogP contribution in [0.25, 0.3) is 0 Å². The van der Waals surface area contributed by atoms with Gasteiger partial charge in [-0.2, -0.15) is 0 Å². The molecular weight excluding hydrogens is 294 g/mol. The van der Waals surface area contributed by atoms with Crippen molar-refractivity contribution in [1.82, 2.24) is 0 Å². The Balaban J connectivity index is 2.65. The van der Waals surface area contributed by atoms with Gasteiger partial charge in [-0.3, -0.25) is 0 Å². The van der Waals surface area contributed by atoms with Gasteiger partial charge in [0.2, 0.25) is 0 Å². The molecule has 5 nitrogen and oxygen atoms in total. The van der Waals surface area contributed by atoms with Gasteiger partial charge in [-0.1, -0.05) is 11.6 Å². The average molecular weight is 318 g/mol. The number of hydrogen-bond acceptors (Lipinski definition) is 5. The molecule has 0 atom stereocenters. The molecule has 0 radical (unpaired) electrons. The summed E-state index contributed by atoms with van der Waals surface area (Å²) in [6.45, 7) is 5.84. The van der Waals surface area contributed by atoms with Crippen molar-refractivity contribution in [3.05, 3.63) is 17.2 Å². The van der Waals surface area contributed by atoms with E-state index in [9.17, 15) is 0 Å². The number of nitrogens with one attached hydrogen (secondary N) is 1. The van der Waals surface area contributed by atoms with Crippen LogP contribution >= 0.6 is 11.6 Å². The fourth-order valence-electron chi connectivity index (χ4n) is 1.91. The van der Waals surface area contributed by atoms with Crippen molar-refractivity contribution in [2.45, 2.75) is 26.6 Å². The van der Waals surface area contributed by atoms with Gasteiger partial charge in [0, 0.05) is 38.3 Å². The second-order valence-corrected chi connectivity index (χ2v) is 4.65. The summed E-state index contributed by atoms with van der Waals surface area (Å²) in [6, 6.07) is 3.54. The monoisotopic (exact) mass is 317 g/mol. The highest BCUT2D eigenvalue weighted by Gasteiger charge is 2.11. The van der Waals surface area contributed by atoms with E-state index in [4.69, 9.17) is 30.5 Å². The van der Waals surface area contributed by atoms with Crippen molar-refractivity contribution in [3.8, 4) is 11.5 Å². The van der Waals surface area contributed by atoms with Gasteiger partial charge in [-0.05, 0) is 13.8 Å². The summed E-state index contributed by atoms with van der Waals surface area (Å²) < 4.78 is 21.5. The minimum Gasteiger partial charge on any atom is -0.495 e. The minimum atomic E-state index is -0.201. The molecule has 0 saturated carbocycles. The molecule has 0 spiro atoms. The zero-order valence-corrected chi connectivity index (χ0v) is 13.8. The van der Waals surface area contributed by atoms with E-state index in [-0.39, 0.29) is 6.29 Å². The van der Waals surface area contributed by atoms with E-state index in [0.29, 0.717) is 36.3 Å². The number of anilines is 1. The van der Waals surface area contributed by atoms with Gasteiger partial charge in [-0.15, -0.1) is 0 Å². The fraction of sp³-hybridized carbons (Fsp3) is 0.600. The van der Waals surface area contributed by atoms with Crippen molar-refractivity contribution >= 4 is 17.3 Å². The first-order valence-corrected chi connectivity index (χ1v) is 7.42. The van der Waals surface area contributed by atoms with E-state index < -0.39 is 0 Å². The molecule has 21 heavy (non-hydrogen) atoms. The molecular formula is C15H24ClNO4. The lowest BCUT2D eigenvalue weighted by Crippen LogP contribution is -2.21. The Hall–Kier alpha value is -1.17. The highest BCUT2D eigenvalue weighted by Crippen LogP contribution is 2.35. The van der Waals surface area contributed by atoms with Gasteiger partial charge in [0.05, 0.1) is 24.9 Å². The van der Waals surface area contributed by atoms with E-state index in [1.165, 1.54) is 0 Å². The predicted octanol–water partition coefficient (Wildman–Crippen LogP) is 3.56. The molecule has 6 heteroatoms. The third kappa shape index (κ3) is 5.61. The average Bonchev–Trinajstić information content (AvgIpc) is 2.48. The molecule has 0 aliphatic heterocycles. The van der Waals surface area contributed by atoms with Crippen molar-refractivity contribution in [1.29, 1.82) is 0 Å². The number of hydrogen-bond donors (Lipinski definition) is 1. The summed E-state index contributed by atoms with van der Waals surface area (Å²) in [6.07, 6.45) is 0.531. The molecule has 0 heterocycles. The fourth-order valence-corrected chi connectivity index (χ4v) is 2.14. The normalized spacial score (nSPS) is 10.8. The molecule has 0 saturated heterocycles. The SMILES string of the molecule is CCOC(CCNc1cc(OC)c(Cl)cc1OC)OCC. The Bertz CT molecular complexity index is 422. The standard InChI is InChI=1S/C15H24ClNO4/c1-5-20-15(21-6-2)7-8-17-12-10-13(18-3)11(16)9-14(12)19-4/h9-10,15,17H,5-8H2,1-4H3. The number of benzene rings is 1. The first-order valence-electron chi connectivity index (χ1n) is 7.04. The maximum Gasteiger partial charge on any atom is 0.159 e. The van der Waals surface area contributed by atoms with Gasteiger partial charge >= 0.3 is 0 Å². The van der Waals surface area contributed by atoms with Gasteiger partial charge in [0.15, 0.2) is 6.29 Å². The topological polar surface area (TPSA) is 49.0 Å². The van der Waals surface area contributed by atoms with Gasteiger partial charge in [0.25, 0.3) is 0 Å². The molecule has 1 aromatic carbocycles. The molecule has 0 fully saturated rings. The van der Waals surface area contributed by atoms with E-state index in [2.05, 4.69) is 5.32 Å². The van der Waals surface area contributed by atoms with Crippen LogP contribution in [0, 0.1) is 0 Å². The van der Waals surface area contributed by atoms with Gasteiger partial charge in [0.1, 0.15) is 11.5 Å². The summed E-state index contributed by atoms with van der Waals surface area (Å²) in [7, 11) is 3.18. The highest BCUT2D eigenvalue weighted by molar-refractivity contribution is 6.32. The lowest BCUT2D eigenvalue weighted by Gasteiger charge is -2.18. The Morgan fingerprint density at radius 2 is 1.67 bits per heavy atom. The lowest BCUT2D eigenvalue weighted by molar-refractivity contribution is -0.137. The highest BCUT2D eigenvalue weighted by atomic mass is 35.5. The Morgan fingerprint density at radius 1 is 1.05 bits per heavy atom. The summed E-state index contributed by atoms with van der Waals surface area (Å²) in [5.74, 6) is 1.27. The molecule has 0 aliphatic carbocycles. The van der Waals surface area contributed by atoms with E-state index in [1.807, 2.05) is 19.9 Å². The Morgan fingerprint density at radius 3 is 2.19 bits per heavy atom. The van der Waals surface area contributed by atoms with E-state index in [0.717, 1.165) is 12.1 Å². The zero-order chi connectivity index (χ0) is 15.7. The van der Waals surface area contributed by atoms with Crippen LogP contribution in [0.5, 0.6) is 11.5 Å². The largest absolute Gasteiger partial charge is 0.495 e. The zero-order valence-electron chi connectivity index (χ0n) is 13.1. The quantitative estimate of drug-likeness (QED) is 0.669. The van der Waals surface area contributed by atoms with E-state index >= 15 is 0 Å². The summed E-state index contributed by atoms with van der Waals surface area (Å²) in [4.78, 5) is 0. The van der Waals surface area contributed by atoms with Crippen LogP contribution in [0.2, 0.25) is 5.02 Å². The lowest BCUT2D eigenvalue weighted by atomic mass is 10.2. The molecule has 1 aromatic rings. The molecule has 0 aliphatic rings. The van der Waals surface area contributed by atoms with Gasteiger partial charge in [-0.25, -0.2) is 0 Å². The van der Waals surface area contributed by atoms with Crippen LogP contribution in [0.3, 0.4) is 0 Å². The summed E-state index contributed by atoms with van der Waals surface area (Å²) in [5, 5.41) is 3.80. The second-order valence-electron chi connectivity index (χ2n) is 4.24. The Kier molecular flexibility index (Phi) is 8.27. The number of ether oxygens (including phenoxy) is 4.